The van der Waals surface area contributed by atoms with Gasteiger partial charge < -0.3 is 20.1 Å². The minimum atomic E-state index is -0.341. The van der Waals surface area contributed by atoms with Crippen molar-refractivity contribution in [1.29, 1.82) is 0 Å². The van der Waals surface area contributed by atoms with Crippen LogP contribution in [0.4, 0.5) is 0 Å². The fourth-order valence-electron chi connectivity index (χ4n) is 4.24. The van der Waals surface area contributed by atoms with Gasteiger partial charge >= 0.3 is 0 Å². The first kappa shape index (κ1) is 24.2. The summed E-state index contributed by atoms with van der Waals surface area (Å²) in [7, 11) is 3.03. The van der Waals surface area contributed by atoms with Crippen molar-refractivity contribution in [3.63, 3.8) is 0 Å². The van der Waals surface area contributed by atoms with Crippen LogP contribution in [-0.4, -0.2) is 52.7 Å². The monoisotopic (exact) mass is 500 g/mol. The van der Waals surface area contributed by atoms with Gasteiger partial charge in [-0.05, 0) is 54.7 Å². The fourth-order valence-corrected chi connectivity index (χ4v) is 4.24. The second-order valence-electron chi connectivity index (χ2n) is 8.93. The number of hydrogen-bond donors (Lipinski definition) is 3. The summed E-state index contributed by atoms with van der Waals surface area (Å²) in [6, 6.07) is 11.0. The topological polar surface area (TPSA) is 131 Å². The van der Waals surface area contributed by atoms with Crippen molar-refractivity contribution >= 4 is 22.7 Å². The third-order valence-electron chi connectivity index (χ3n) is 6.59. The normalized spacial score (nSPS) is 13.1. The summed E-state index contributed by atoms with van der Waals surface area (Å²) in [6.45, 7) is 0.868. The number of rotatable bonds is 9. The van der Waals surface area contributed by atoms with E-state index in [9.17, 15) is 9.59 Å². The van der Waals surface area contributed by atoms with E-state index in [4.69, 9.17) is 9.47 Å². The lowest BCUT2D eigenvalue weighted by Gasteiger charge is -2.25. The van der Waals surface area contributed by atoms with Gasteiger partial charge in [-0.15, -0.1) is 0 Å². The largest absolute Gasteiger partial charge is 0.491 e. The Kier molecular flexibility index (Phi) is 6.98. The highest BCUT2D eigenvalue weighted by atomic mass is 16.5. The number of carbonyl (C=O) groups is 2. The van der Waals surface area contributed by atoms with Crippen LogP contribution in [0.1, 0.15) is 45.8 Å². The number of nitrogens with zero attached hydrogens (tertiary/aromatic N) is 3. The van der Waals surface area contributed by atoms with Crippen LogP contribution in [0.2, 0.25) is 0 Å². The van der Waals surface area contributed by atoms with E-state index in [0.717, 1.165) is 5.56 Å². The molecule has 0 bridgehead atoms. The first-order valence-corrected chi connectivity index (χ1v) is 12.2. The highest BCUT2D eigenvalue weighted by Crippen LogP contribution is 2.29. The zero-order valence-electron chi connectivity index (χ0n) is 20.7. The lowest BCUT2D eigenvalue weighted by Crippen LogP contribution is -2.25. The summed E-state index contributed by atoms with van der Waals surface area (Å²) in [4.78, 5) is 33.9. The summed E-state index contributed by atoms with van der Waals surface area (Å²) in [6.07, 6.45) is 6.96. The van der Waals surface area contributed by atoms with Crippen molar-refractivity contribution in [3.05, 3.63) is 65.7 Å². The second-order valence-corrected chi connectivity index (χ2v) is 8.93. The van der Waals surface area contributed by atoms with Gasteiger partial charge in [0, 0.05) is 30.4 Å². The molecule has 1 aromatic carbocycles. The van der Waals surface area contributed by atoms with E-state index < -0.39 is 0 Å². The van der Waals surface area contributed by atoms with Crippen molar-refractivity contribution in [2.75, 3.05) is 20.8 Å². The molecule has 1 saturated carbocycles. The molecule has 10 heteroatoms. The zero-order chi connectivity index (χ0) is 25.8. The highest BCUT2D eigenvalue weighted by Gasteiger charge is 2.20. The van der Waals surface area contributed by atoms with Gasteiger partial charge in [-0.3, -0.25) is 19.7 Å². The Morgan fingerprint density at radius 2 is 1.97 bits per heavy atom. The number of ether oxygens (including phenoxy) is 2. The number of aromatic amines is 1. The van der Waals surface area contributed by atoms with Gasteiger partial charge in [0.2, 0.25) is 5.88 Å². The van der Waals surface area contributed by atoms with Crippen molar-refractivity contribution < 1.29 is 19.1 Å². The maximum absolute atomic E-state index is 13.2. The lowest BCUT2D eigenvalue weighted by molar-refractivity contribution is 0.0942. The standard InChI is InChI=1S/C27H28N6O4/c1-28-26(35)24-19-9-8-17(12-21(19)32-33-24)18-11-20(27(36-2)31-13-18)25(34)30-14-22-23(7-4-10-29-22)37-15-16-5-3-6-16/h4,7-13,16H,3,5-6,14-15H2,1-2H3,(H,28,35)(H,30,34)(H,32,33). The Balaban J connectivity index is 1.35. The maximum Gasteiger partial charge on any atom is 0.272 e. The number of fused-ring (bicyclic) bond motifs is 1. The highest BCUT2D eigenvalue weighted by molar-refractivity contribution is 6.05. The molecular weight excluding hydrogens is 472 g/mol. The van der Waals surface area contributed by atoms with Gasteiger partial charge in [-0.2, -0.15) is 5.10 Å². The van der Waals surface area contributed by atoms with Crippen molar-refractivity contribution in [1.82, 2.24) is 30.8 Å². The van der Waals surface area contributed by atoms with Crippen LogP contribution in [-0.2, 0) is 6.54 Å². The molecule has 3 aromatic heterocycles. The van der Waals surface area contributed by atoms with E-state index in [1.807, 2.05) is 30.3 Å². The molecular formula is C27H28N6O4. The number of pyridine rings is 2. The number of H-pyrrole nitrogens is 1. The van der Waals surface area contributed by atoms with Gasteiger partial charge in [0.1, 0.15) is 17.0 Å². The Bertz CT molecular complexity index is 1450. The Morgan fingerprint density at radius 3 is 2.73 bits per heavy atom. The van der Waals surface area contributed by atoms with Gasteiger partial charge in [-0.1, -0.05) is 12.5 Å². The molecule has 0 saturated heterocycles. The van der Waals surface area contributed by atoms with Crippen molar-refractivity contribution in [2.45, 2.75) is 25.8 Å². The van der Waals surface area contributed by atoms with Crippen LogP contribution in [0.25, 0.3) is 22.0 Å². The molecule has 10 nitrogen and oxygen atoms in total. The average molecular weight is 501 g/mol. The minimum Gasteiger partial charge on any atom is -0.491 e. The molecule has 37 heavy (non-hydrogen) atoms. The number of amides is 2. The molecule has 190 valence electrons. The molecule has 3 N–H and O–H groups in total. The van der Waals surface area contributed by atoms with Gasteiger partial charge in [0.25, 0.3) is 11.8 Å². The summed E-state index contributed by atoms with van der Waals surface area (Å²) in [5.74, 6) is 0.878. The Morgan fingerprint density at radius 1 is 1.11 bits per heavy atom. The summed E-state index contributed by atoms with van der Waals surface area (Å²) < 4.78 is 11.3. The molecule has 0 aliphatic heterocycles. The predicted octanol–water partition coefficient (Wildman–Crippen LogP) is 3.50. The molecule has 3 heterocycles. The molecule has 4 aromatic rings. The van der Waals surface area contributed by atoms with Crippen LogP contribution in [0.15, 0.2) is 48.8 Å². The summed E-state index contributed by atoms with van der Waals surface area (Å²) >= 11 is 0. The maximum atomic E-state index is 13.2. The molecule has 1 aliphatic carbocycles. The summed E-state index contributed by atoms with van der Waals surface area (Å²) in [5.41, 5.74) is 3.50. The number of carbonyl (C=O) groups excluding carboxylic acids is 2. The number of aromatic nitrogens is 4. The van der Waals surface area contributed by atoms with E-state index in [2.05, 4.69) is 30.8 Å². The van der Waals surface area contributed by atoms with Gasteiger partial charge in [-0.25, -0.2) is 4.98 Å². The van der Waals surface area contributed by atoms with E-state index in [1.54, 1.807) is 25.5 Å². The average Bonchev–Trinajstić information content (AvgIpc) is 3.34. The molecule has 0 atom stereocenters. The molecule has 0 unspecified atom stereocenters. The molecule has 2 amide bonds. The second kappa shape index (κ2) is 10.7. The Labute approximate surface area is 213 Å². The third-order valence-corrected chi connectivity index (χ3v) is 6.59. The molecule has 1 aliphatic rings. The van der Waals surface area contributed by atoms with Crippen LogP contribution in [0.3, 0.4) is 0 Å². The first-order chi connectivity index (χ1) is 18.1. The molecule has 5 rings (SSSR count). The third kappa shape index (κ3) is 5.09. The van der Waals surface area contributed by atoms with Crippen LogP contribution in [0, 0.1) is 5.92 Å². The van der Waals surface area contributed by atoms with Crippen LogP contribution >= 0.6 is 0 Å². The van der Waals surface area contributed by atoms with Crippen molar-refractivity contribution in [2.24, 2.45) is 5.92 Å². The van der Waals surface area contributed by atoms with Gasteiger partial charge in [0.05, 0.1) is 25.8 Å². The van der Waals surface area contributed by atoms with Crippen LogP contribution in [0.5, 0.6) is 11.6 Å². The first-order valence-electron chi connectivity index (χ1n) is 12.2. The van der Waals surface area contributed by atoms with E-state index in [0.29, 0.717) is 51.7 Å². The minimum absolute atomic E-state index is 0.204. The number of methoxy groups -OCH3 is 1. The van der Waals surface area contributed by atoms with Crippen LogP contribution < -0.4 is 20.1 Å². The SMILES string of the molecule is CNC(=O)c1n[nH]c2cc(-c3cnc(OC)c(C(=O)NCc4ncccc4OCC4CCC4)c3)ccc12. The molecule has 0 radical (unpaired) electrons. The quantitative estimate of drug-likeness (QED) is 0.321. The van der Waals surface area contributed by atoms with E-state index >= 15 is 0 Å². The molecule has 1 fully saturated rings. The van der Waals surface area contributed by atoms with E-state index in [1.165, 1.54) is 26.4 Å². The summed E-state index contributed by atoms with van der Waals surface area (Å²) in [5, 5.41) is 13.2. The number of benzene rings is 1. The van der Waals surface area contributed by atoms with Crippen molar-refractivity contribution in [3.8, 4) is 22.8 Å². The van der Waals surface area contributed by atoms with E-state index in [-0.39, 0.29) is 24.2 Å². The fraction of sp³-hybridized carbons (Fsp3) is 0.296. The Hall–Kier alpha value is -4.47. The number of hydrogen-bond acceptors (Lipinski definition) is 7. The smallest absolute Gasteiger partial charge is 0.272 e. The molecule has 0 spiro atoms. The predicted molar refractivity (Wildman–Crippen MR) is 138 cm³/mol. The number of nitrogens with one attached hydrogen (secondary N) is 3. The zero-order valence-corrected chi connectivity index (χ0v) is 20.7. The van der Waals surface area contributed by atoms with Gasteiger partial charge in [0.15, 0.2) is 5.69 Å². The lowest BCUT2D eigenvalue weighted by atomic mass is 9.86.